The molecule has 3 aromatic carbocycles. The Morgan fingerprint density at radius 1 is 0.720 bits per heavy atom. The van der Waals surface area contributed by atoms with Gasteiger partial charge in [-0.25, -0.2) is 0 Å². The molecule has 0 saturated heterocycles. The van der Waals surface area contributed by atoms with E-state index < -0.39 is 5.60 Å². The first kappa shape index (κ1) is 17.4. The highest BCUT2D eigenvalue weighted by Crippen LogP contribution is 2.33. The Balaban J connectivity index is 1.72. The van der Waals surface area contributed by atoms with Crippen LogP contribution in [-0.2, 0) is 5.60 Å². The van der Waals surface area contributed by atoms with Crippen molar-refractivity contribution in [3.05, 3.63) is 108 Å². The highest BCUT2D eigenvalue weighted by atomic mass is 16.3. The van der Waals surface area contributed by atoms with Crippen molar-refractivity contribution in [2.75, 3.05) is 0 Å². The maximum atomic E-state index is 10.8. The third kappa shape index (κ3) is 4.58. The zero-order chi connectivity index (χ0) is 17.5. The molecule has 0 aliphatic rings. The summed E-state index contributed by atoms with van der Waals surface area (Å²) in [6.45, 7) is 1.92. The molecule has 0 aromatic heterocycles. The van der Waals surface area contributed by atoms with Gasteiger partial charge in [-0.2, -0.15) is 0 Å². The summed E-state index contributed by atoms with van der Waals surface area (Å²) in [5.74, 6) is 0.369. The van der Waals surface area contributed by atoms with Crippen molar-refractivity contribution in [3.8, 4) is 0 Å². The monoisotopic (exact) mass is 330 g/mol. The van der Waals surface area contributed by atoms with E-state index in [2.05, 4.69) is 60.7 Å². The summed E-state index contributed by atoms with van der Waals surface area (Å²) in [7, 11) is 0. The van der Waals surface area contributed by atoms with Crippen LogP contribution < -0.4 is 0 Å². The predicted molar refractivity (Wildman–Crippen MR) is 105 cm³/mol. The second-order valence-corrected chi connectivity index (χ2v) is 6.91. The largest absolute Gasteiger partial charge is 0.385 e. The summed E-state index contributed by atoms with van der Waals surface area (Å²) >= 11 is 0. The second kappa shape index (κ2) is 8.13. The molecule has 0 aliphatic heterocycles. The van der Waals surface area contributed by atoms with Crippen molar-refractivity contribution < 1.29 is 5.11 Å². The van der Waals surface area contributed by atoms with Gasteiger partial charge in [0.1, 0.15) is 0 Å². The molecule has 0 saturated carbocycles. The minimum Gasteiger partial charge on any atom is -0.385 e. The average molecular weight is 330 g/mol. The van der Waals surface area contributed by atoms with E-state index in [1.165, 1.54) is 11.1 Å². The maximum Gasteiger partial charge on any atom is 0.0868 e. The van der Waals surface area contributed by atoms with E-state index in [4.69, 9.17) is 0 Å². The number of hydrogen-bond donors (Lipinski definition) is 1. The van der Waals surface area contributed by atoms with Crippen LogP contribution in [0.5, 0.6) is 0 Å². The van der Waals surface area contributed by atoms with E-state index in [0.29, 0.717) is 5.92 Å². The van der Waals surface area contributed by atoms with Crippen molar-refractivity contribution in [2.24, 2.45) is 0 Å². The lowest BCUT2D eigenvalue weighted by Gasteiger charge is -2.25. The molecule has 1 heteroatoms. The molecule has 0 amide bonds. The van der Waals surface area contributed by atoms with E-state index in [0.717, 1.165) is 24.8 Å². The van der Waals surface area contributed by atoms with Crippen LogP contribution in [0.2, 0.25) is 0 Å². The summed E-state index contributed by atoms with van der Waals surface area (Å²) in [5, 5.41) is 10.8. The molecule has 3 rings (SSSR count). The molecule has 0 bridgehead atoms. The van der Waals surface area contributed by atoms with Crippen LogP contribution in [0.3, 0.4) is 0 Å². The Morgan fingerprint density at radius 3 is 1.64 bits per heavy atom. The Bertz CT molecular complexity index is 708. The highest BCUT2D eigenvalue weighted by Gasteiger charge is 2.23. The topological polar surface area (TPSA) is 20.2 Å². The Morgan fingerprint density at radius 2 is 1.16 bits per heavy atom. The normalized spacial score (nSPS) is 13.6. The SMILES string of the molecule is CC(O)(CCCC(c1ccccc1)c1ccccc1)c1ccccc1. The van der Waals surface area contributed by atoms with Gasteiger partial charge in [-0.3, -0.25) is 0 Å². The fourth-order valence-electron chi connectivity index (χ4n) is 3.49. The molecule has 1 nitrogen and oxygen atoms in total. The second-order valence-electron chi connectivity index (χ2n) is 6.91. The van der Waals surface area contributed by atoms with Gasteiger partial charge in [-0.05, 0) is 42.9 Å². The molecule has 0 spiro atoms. The molecular formula is C24H26O. The van der Waals surface area contributed by atoms with E-state index in [1.807, 2.05) is 37.3 Å². The third-order valence-electron chi connectivity index (χ3n) is 4.96. The van der Waals surface area contributed by atoms with Gasteiger partial charge in [0.05, 0.1) is 5.60 Å². The lowest BCUT2D eigenvalue weighted by Crippen LogP contribution is -2.21. The lowest BCUT2D eigenvalue weighted by atomic mass is 9.84. The summed E-state index contributed by atoms with van der Waals surface area (Å²) in [6.07, 6.45) is 2.75. The van der Waals surface area contributed by atoms with Crippen LogP contribution in [0.1, 0.15) is 48.8 Å². The summed E-state index contributed by atoms with van der Waals surface area (Å²) in [4.78, 5) is 0. The number of hydrogen-bond acceptors (Lipinski definition) is 1. The number of benzene rings is 3. The lowest BCUT2D eigenvalue weighted by molar-refractivity contribution is 0.0447. The van der Waals surface area contributed by atoms with Gasteiger partial charge in [-0.1, -0.05) is 91.0 Å². The minimum absolute atomic E-state index is 0.369. The number of aliphatic hydroxyl groups is 1. The molecule has 1 N–H and O–H groups in total. The van der Waals surface area contributed by atoms with Crippen LogP contribution in [0.4, 0.5) is 0 Å². The first-order valence-corrected chi connectivity index (χ1v) is 9.04. The van der Waals surface area contributed by atoms with Crippen LogP contribution in [0, 0.1) is 0 Å². The molecule has 1 atom stereocenters. The molecule has 128 valence electrons. The van der Waals surface area contributed by atoms with Gasteiger partial charge in [0.15, 0.2) is 0 Å². The van der Waals surface area contributed by atoms with Crippen molar-refractivity contribution >= 4 is 0 Å². The summed E-state index contributed by atoms with van der Waals surface area (Å²) in [6, 6.07) is 31.3. The van der Waals surface area contributed by atoms with E-state index >= 15 is 0 Å². The molecule has 0 radical (unpaired) electrons. The van der Waals surface area contributed by atoms with Crippen LogP contribution in [-0.4, -0.2) is 5.11 Å². The fraction of sp³-hybridized carbons (Fsp3) is 0.250. The van der Waals surface area contributed by atoms with Crippen LogP contribution in [0.25, 0.3) is 0 Å². The van der Waals surface area contributed by atoms with Gasteiger partial charge in [0.2, 0.25) is 0 Å². The fourth-order valence-corrected chi connectivity index (χ4v) is 3.49. The van der Waals surface area contributed by atoms with Gasteiger partial charge < -0.3 is 5.11 Å². The molecule has 0 aliphatic carbocycles. The van der Waals surface area contributed by atoms with E-state index in [-0.39, 0.29) is 0 Å². The standard InChI is InChI=1S/C24H26O/c1-24(25,22-16-9-4-10-17-22)19-11-18-23(20-12-5-2-6-13-20)21-14-7-3-8-15-21/h2-10,12-17,23,25H,11,18-19H2,1H3. The average Bonchev–Trinajstić information content (AvgIpc) is 2.67. The molecule has 1 unspecified atom stereocenters. The van der Waals surface area contributed by atoms with Crippen LogP contribution in [0.15, 0.2) is 91.0 Å². The first-order chi connectivity index (χ1) is 12.2. The van der Waals surface area contributed by atoms with Gasteiger partial charge in [-0.15, -0.1) is 0 Å². The zero-order valence-corrected chi connectivity index (χ0v) is 14.8. The minimum atomic E-state index is -0.779. The summed E-state index contributed by atoms with van der Waals surface area (Å²) in [5.41, 5.74) is 2.89. The van der Waals surface area contributed by atoms with E-state index in [1.54, 1.807) is 0 Å². The Labute approximate surface area is 151 Å². The van der Waals surface area contributed by atoms with Crippen molar-refractivity contribution in [1.82, 2.24) is 0 Å². The van der Waals surface area contributed by atoms with Gasteiger partial charge in [0.25, 0.3) is 0 Å². The van der Waals surface area contributed by atoms with Crippen molar-refractivity contribution in [1.29, 1.82) is 0 Å². The Kier molecular flexibility index (Phi) is 5.67. The maximum absolute atomic E-state index is 10.8. The predicted octanol–water partition coefficient (Wildman–Crippen LogP) is 5.90. The smallest absolute Gasteiger partial charge is 0.0868 e. The zero-order valence-electron chi connectivity index (χ0n) is 14.8. The third-order valence-corrected chi connectivity index (χ3v) is 4.96. The highest BCUT2D eigenvalue weighted by molar-refractivity contribution is 5.32. The van der Waals surface area contributed by atoms with E-state index in [9.17, 15) is 5.11 Å². The van der Waals surface area contributed by atoms with Gasteiger partial charge >= 0.3 is 0 Å². The van der Waals surface area contributed by atoms with Gasteiger partial charge in [0, 0.05) is 5.92 Å². The van der Waals surface area contributed by atoms with Crippen LogP contribution >= 0.6 is 0 Å². The molecule has 25 heavy (non-hydrogen) atoms. The molecule has 0 heterocycles. The molecule has 3 aromatic rings. The molecular weight excluding hydrogens is 304 g/mol. The quantitative estimate of drug-likeness (QED) is 0.572. The van der Waals surface area contributed by atoms with Crippen molar-refractivity contribution in [2.45, 2.75) is 37.7 Å². The Hall–Kier alpha value is -2.38. The number of rotatable bonds is 7. The first-order valence-electron chi connectivity index (χ1n) is 9.04. The summed E-state index contributed by atoms with van der Waals surface area (Å²) < 4.78 is 0. The van der Waals surface area contributed by atoms with Crippen molar-refractivity contribution in [3.63, 3.8) is 0 Å². The molecule has 0 fully saturated rings.